The molecule has 0 aromatic carbocycles. The average molecular weight is 1750 g/mol. The van der Waals surface area contributed by atoms with Crippen molar-refractivity contribution in [3.05, 3.63) is 207 Å². The van der Waals surface area contributed by atoms with E-state index >= 15 is 0 Å². The summed E-state index contributed by atoms with van der Waals surface area (Å²) in [7, 11) is -9.83. The Bertz CT molecular complexity index is 3070. The molecule has 0 saturated heterocycles. The first-order chi connectivity index (χ1) is 60.2. The molecule has 0 aliphatic rings. The van der Waals surface area contributed by atoms with Gasteiger partial charge in [-0.15, -0.1) is 0 Å². The molecule has 0 fully saturated rings. The van der Waals surface area contributed by atoms with E-state index in [-0.39, 0.29) is 19.3 Å². The molecule has 0 bridgehead atoms. The highest BCUT2D eigenvalue weighted by Crippen LogP contribution is 2.45. The number of allylic oxidation sites excluding steroid dienone is 34. The van der Waals surface area contributed by atoms with E-state index in [0.29, 0.717) is 19.3 Å². The zero-order valence-electron chi connectivity index (χ0n) is 77.3. The fourth-order valence-electron chi connectivity index (χ4n) is 12.8. The van der Waals surface area contributed by atoms with E-state index in [2.05, 4.69) is 227 Å². The Morgan fingerprint density at radius 3 is 0.642 bits per heavy atom. The first-order valence-electron chi connectivity index (χ1n) is 48.4. The van der Waals surface area contributed by atoms with Gasteiger partial charge in [-0.25, -0.2) is 9.13 Å². The van der Waals surface area contributed by atoms with Crippen LogP contribution < -0.4 is 0 Å². The van der Waals surface area contributed by atoms with E-state index in [1.807, 2.05) is 0 Å². The predicted molar refractivity (Wildman–Crippen MR) is 518 cm³/mol. The maximum Gasteiger partial charge on any atom is 0.472 e. The van der Waals surface area contributed by atoms with Gasteiger partial charge in [-0.05, 0) is 167 Å². The molecule has 0 aliphatic heterocycles. The van der Waals surface area contributed by atoms with Crippen molar-refractivity contribution >= 4 is 33.6 Å². The van der Waals surface area contributed by atoms with Gasteiger partial charge in [-0.3, -0.25) is 32.5 Å². The Morgan fingerprint density at radius 2 is 0.407 bits per heavy atom. The summed E-state index contributed by atoms with van der Waals surface area (Å²) < 4.78 is 61.6. The predicted octanol–water partition coefficient (Wildman–Crippen LogP) is 30.3. The number of ether oxygens (including phenoxy) is 3. The van der Waals surface area contributed by atoms with Crippen LogP contribution in [0.5, 0.6) is 0 Å². The third-order valence-electron chi connectivity index (χ3n) is 20.0. The van der Waals surface area contributed by atoms with Gasteiger partial charge in [-0.1, -0.05) is 401 Å². The van der Waals surface area contributed by atoms with Crippen molar-refractivity contribution in [3.63, 3.8) is 0 Å². The number of carbonyl (C=O) groups is 3. The summed E-state index contributed by atoms with van der Waals surface area (Å²) in [6, 6.07) is 0. The molecule has 4 N–H and O–H groups in total. The normalized spacial score (nSPS) is 14.6. The average Bonchev–Trinajstić information content (AvgIpc) is 0.898. The molecule has 0 radical (unpaired) electrons. The van der Waals surface area contributed by atoms with Crippen LogP contribution in [0.15, 0.2) is 207 Å². The molecule has 0 aromatic rings. The molecular formula is C105H174O16P2. The summed E-state index contributed by atoms with van der Waals surface area (Å²) in [5.74, 6) is -1.59. The van der Waals surface area contributed by atoms with Gasteiger partial charge >= 0.3 is 33.6 Å². The SMILES string of the molecule is CC/C=C\C/C=C\C/C=C\C/C=C\C/C=C\C/C=C\CCCCCCCCCCCCC(=O)OCC(COP(=O)(O)OCC(O)COP(=O)(O)OCC(O)COC(=O)CCCCCCCCCCCCCCCCC/C=C\C/C=C\C/C=C\C/C=C\C/C=C\CC)OC(=O)CCCCCCCCCC/C=C\C/C=C\C/C=C\C/C=C\C/C=C\C/C=C\CC. The molecule has 0 heterocycles. The van der Waals surface area contributed by atoms with Gasteiger partial charge in [0.05, 0.1) is 26.4 Å². The van der Waals surface area contributed by atoms with Gasteiger partial charge in [0, 0.05) is 19.3 Å². The number of aliphatic hydroxyl groups is 2. The molecule has 123 heavy (non-hydrogen) atoms. The quantitative estimate of drug-likeness (QED) is 0.0146. The second-order valence-corrected chi connectivity index (χ2v) is 34.6. The summed E-state index contributed by atoms with van der Waals surface area (Å²) >= 11 is 0. The monoisotopic (exact) mass is 1750 g/mol. The van der Waals surface area contributed by atoms with E-state index in [9.17, 15) is 43.5 Å². The highest BCUT2D eigenvalue weighted by Gasteiger charge is 2.30. The first kappa shape index (κ1) is 117. The second kappa shape index (κ2) is 95.2. The van der Waals surface area contributed by atoms with Crippen molar-refractivity contribution < 1.29 is 75.8 Å². The van der Waals surface area contributed by atoms with E-state index < -0.39 is 91.5 Å². The summed E-state index contributed by atoms with van der Waals surface area (Å²) in [5.41, 5.74) is 0. The smallest absolute Gasteiger partial charge is 0.463 e. The van der Waals surface area contributed by atoms with Crippen LogP contribution in [0.2, 0.25) is 0 Å². The van der Waals surface area contributed by atoms with Gasteiger partial charge in [-0.2, -0.15) is 0 Å². The second-order valence-electron chi connectivity index (χ2n) is 31.7. The molecular weight excluding hydrogens is 1580 g/mol. The number of esters is 3. The zero-order chi connectivity index (χ0) is 89.3. The first-order valence-corrected chi connectivity index (χ1v) is 51.4. The molecule has 5 atom stereocenters. The largest absolute Gasteiger partial charge is 0.472 e. The molecule has 5 unspecified atom stereocenters. The molecule has 700 valence electrons. The number of phosphoric acid groups is 2. The minimum absolute atomic E-state index is 0.0862. The van der Waals surface area contributed by atoms with Crippen molar-refractivity contribution in [1.29, 1.82) is 0 Å². The number of rotatable bonds is 90. The third kappa shape index (κ3) is 96.6. The van der Waals surface area contributed by atoms with Crippen LogP contribution in [0.3, 0.4) is 0 Å². The zero-order valence-corrected chi connectivity index (χ0v) is 79.1. The highest BCUT2D eigenvalue weighted by atomic mass is 31.2. The number of unbranched alkanes of at least 4 members (excludes halogenated alkanes) is 33. The van der Waals surface area contributed by atoms with Crippen LogP contribution in [-0.2, 0) is 55.8 Å². The Labute approximate surface area is 750 Å². The lowest BCUT2D eigenvalue weighted by Gasteiger charge is -2.21. The molecule has 0 amide bonds. The fraction of sp³-hybridized carbons (Fsp3) is 0.648. The lowest BCUT2D eigenvalue weighted by molar-refractivity contribution is -0.161. The maximum atomic E-state index is 13.1. The van der Waals surface area contributed by atoms with Crippen molar-refractivity contribution in [2.45, 2.75) is 399 Å². The molecule has 0 saturated carbocycles. The van der Waals surface area contributed by atoms with Gasteiger partial charge in [0.1, 0.15) is 25.4 Å². The van der Waals surface area contributed by atoms with Crippen molar-refractivity contribution in [2.75, 3.05) is 39.6 Å². The van der Waals surface area contributed by atoms with Crippen LogP contribution >= 0.6 is 15.6 Å². The summed E-state index contributed by atoms with van der Waals surface area (Å²) in [4.78, 5) is 59.1. The van der Waals surface area contributed by atoms with Gasteiger partial charge < -0.3 is 34.2 Å². The summed E-state index contributed by atoms with van der Waals surface area (Å²) in [6.45, 7) is 2.36. The van der Waals surface area contributed by atoms with Crippen molar-refractivity contribution in [1.82, 2.24) is 0 Å². The van der Waals surface area contributed by atoms with Crippen LogP contribution in [-0.4, -0.2) is 95.9 Å². The Hall–Kier alpha value is -5.87. The molecule has 0 rings (SSSR count). The third-order valence-corrected chi connectivity index (χ3v) is 21.9. The minimum Gasteiger partial charge on any atom is -0.463 e. The van der Waals surface area contributed by atoms with E-state index in [0.717, 1.165) is 212 Å². The maximum absolute atomic E-state index is 13.1. The molecule has 0 spiro atoms. The molecule has 0 aliphatic carbocycles. The lowest BCUT2D eigenvalue weighted by atomic mass is 10.0. The topological polar surface area (TPSA) is 231 Å². The number of aliphatic hydroxyl groups excluding tert-OH is 2. The number of carbonyl (C=O) groups excluding carboxylic acids is 3. The lowest BCUT2D eigenvalue weighted by Crippen LogP contribution is -2.30. The van der Waals surface area contributed by atoms with Gasteiger partial charge in [0.25, 0.3) is 0 Å². The fourth-order valence-corrected chi connectivity index (χ4v) is 14.4. The highest BCUT2D eigenvalue weighted by molar-refractivity contribution is 7.47. The number of hydrogen-bond acceptors (Lipinski definition) is 14. The summed E-state index contributed by atoms with van der Waals surface area (Å²) in [6.07, 6.45) is 129. The van der Waals surface area contributed by atoms with Crippen LogP contribution in [0.4, 0.5) is 0 Å². The Balaban J connectivity index is 4.67. The minimum atomic E-state index is -4.95. The van der Waals surface area contributed by atoms with E-state index in [4.69, 9.17) is 32.3 Å². The number of phosphoric ester groups is 2. The van der Waals surface area contributed by atoms with Crippen molar-refractivity contribution in [2.24, 2.45) is 0 Å². The van der Waals surface area contributed by atoms with E-state index in [1.54, 1.807) is 0 Å². The van der Waals surface area contributed by atoms with Gasteiger partial charge in [0.15, 0.2) is 6.10 Å². The Kier molecular flexibility index (Phi) is 90.7. The number of hydrogen-bond donors (Lipinski definition) is 4. The van der Waals surface area contributed by atoms with Crippen molar-refractivity contribution in [3.8, 4) is 0 Å². The van der Waals surface area contributed by atoms with Crippen LogP contribution in [0.1, 0.15) is 380 Å². The van der Waals surface area contributed by atoms with Gasteiger partial charge in [0.2, 0.25) is 0 Å². The molecule has 16 nitrogen and oxygen atoms in total. The van der Waals surface area contributed by atoms with Crippen LogP contribution in [0.25, 0.3) is 0 Å². The molecule has 18 heteroatoms. The summed E-state index contributed by atoms with van der Waals surface area (Å²) in [5, 5.41) is 20.8. The standard InChI is InChI=1S/C105H174O16P2/c1-4-7-10-13-16-19-22-25-28-31-34-37-40-43-46-48-49-51-54-55-58-61-64-67-70-73-76-79-82-85-88-91-103(108)115-94-100(106)95-117-122(111,112)118-96-101(107)97-119-123(113,114)120-99-102(121-105(110)93-90-87-84-81-78-75-72-69-66-63-60-57-52-45-42-39-36-33-30-27-24-21-18-15-12-9-6-3)98-116-104(109)92-89-86-83-80-77-74-71-68-65-62-59-56-53-50-47-44-41-38-35-32-29-26-23-20-17-14-11-8-5-2/h7-12,16-21,25-30,34-39,43-47,52-53,56,60,63,100-102,106-107H,4-6,13-15,22-24,31-33,40-42,48-51,54-55,57-59,61-62,64-99H2,1-3H3,(H,111,112)(H,113,114)/b10-7-,11-8-,12-9-,19-16-,20-17-,21-18-,28-25-,29-26-,30-27-,37-34-,38-35-,39-36-,46-43-,47-44-,52-45-,56-53-,63-60-. The molecule has 0 aromatic heterocycles. The van der Waals surface area contributed by atoms with Crippen LogP contribution in [0, 0.1) is 0 Å². The van der Waals surface area contributed by atoms with E-state index in [1.165, 1.54) is 109 Å². The Morgan fingerprint density at radius 1 is 0.228 bits per heavy atom.